The molecule has 29 heavy (non-hydrogen) atoms. The van der Waals surface area contributed by atoms with Gasteiger partial charge in [-0.2, -0.15) is 0 Å². The van der Waals surface area contributed by atoms with Crippen LogP contribution in [0.4, 0.5) is 0 Å². The summed E-state index contributed by atoms with van der Waals surface area (Å²) in [5.74, 6) is 1.63. The van der Waals surface area contributed by atoms with Crippen molar-refractivity contribution in [1.82, 2.24) is 20.5 Å². The summed E-state index contributed by atoms with van der Waals surface area (Å²) in [7, 11) is 1.76. The van der Waals surface area contributed by atoms with E-state index in [1.165, 1.54) is 0 Å². The molecule has 1 saturated heterocycles. The van der Waals surface area contributed by atoms with Crippen molar-refractivity contribution in [3.8, 4) is 5.75 Å². The summed E-state index contributed by atoms with van der Waals surface area (Å²) in [5.41, 5.74) is 2.12. The fourth-order valence-corrected chi connectivity index (χ4v) is 2.95. The van der Waals surface area contributed by atoms with E-state index in [-0.39, 0.29) is 24.0 Å². The quantitative estimate of drug-likeness (QED) is 0.322. The van der Waals surface area contributed by atoms with E-state index < -0.39 is 0 Å². The molecule has 0 atom stereocenters. The lowest BCUT2D eigenvalue weighted by Crippen LogP contribution is -2.38. The van der Waals surface area contributed by atoms with Crippen LogP contribution < -0.4 is 15.4 Å². The van der Waals surface area contributed by atoms with Gasteiger partial charge in [-0.3, -0.25) is 14.9 Å². The second kappa shape index (κ2) is 13.3. The third-order valence-electron chi connectivity index (χ3n) is 4.53. The Morgan fingerprint density at radius 3 is 2.72 bits per heavy atom. The molecule has 2 N–H and O–H groups in total. The van der Waals surface area contributed by atoms with Gasteiger partial charge >= 0.3 is 0 Å². The molecule has 0 bridgehead atoms. The molecule has 8 heteroatoms. The van der Waals surface area contributed by atoms with Crippen LogP contribution in [0.5, 0.6) is 5.75 Å². The molecule has 2 heterocycles. The molecule has 1 aromatic carbocycles. The number of morpholine rings is 1. The maximum absolute atomic E-state index is 5.92. The minimum absolute atomic E-state index is 0. The van der Waals surface area contributed by atoms with Crippen molar-refractivity contribution < 1.29 is 9.47 Å². The normalized spacial score (nSPS) is 14.7. The maximum Gasteiger partial charge on any atom is 0.191 e. The van der Waals surface area contributed by atoms with Crippen LogP contribution >= 0.6 is 24.0 Å². The standard InChI is InChI=1S/C21H29N5O2.HI/c1-22-21(25-17-19-6-2-3-8-23-19)24-16-18-5-4-7-20(15-18)28-14-11-26-9-12-27-13-10-26;/h2-8,15H,9-14,16-17H2,1H3,(H2,22,24,25);1H. The molecule has 0 radical (unpaired) electrons. The van der Waals surface area contributed by atoms with Gasteiger partial charge in [0.15, 0.2) is 5.96 Å². The Bertz CT molecular complexity index is 739. The number of rotatable bonds is 8. The molecular weight excluding hydrogens is 481 g/mol. The topological polar surface area (TPSA) is 71.0 Å². The van der Waals surface area contributed by atoms with Gasteiger partial charge in [-0.25, -0.2) is 0 Å². The van der Waals surface area contributed by atoms with Gasteiger partial charge in [0.2, 0.25) is 0 Å². The van der Waals surface area contributed by atoms with E-state index >= 15 is 0 Å². The van der Waals surface area contributed by atoms with Gasteiger partial charge in [0.1, 0.15) is 12.4 Å². The molecule has 3 rings (SSSR count). The van der Waals surface area contributed by atoms with Crippen molar-refractivity contribution in [2.75, 3.05) is 46.5 Å². The number of hydrogen-bond donors (Lipinski definition) is 2. The molecule has 0 saturated carbocycles. The number of ether oxygens (including phenoxy) is 2. The molecule has 0 unspecified atom stereocenters. The van der Waals surface area contributed by atoms with E-state index in [2.05, 4.69) is 37.6 Å². The first kappa shape index (κ1) is 23.4. The lowest BCUT2D eigenvalue weighted by atomic mass is 10.2. The number of aliphatic imine (C=N–C) groups is 1. The summed E-state index contributed by atoms with van der Waals surface area (Å²) in [6, 6.07) is 14.0. The van der Waals surface area contributed by atoms with Crippen molar-refractivity contribution >= 4 is 29.9 Å². The first-order chi connectivity index (χ1) is 13.8. The predicted molar refractivity (Wildman–Crippen MR) is 126 cm³/mol. The third kappa shape index (κ3) is 8.55. The van der Waals surface area contributed by atoms with E-state index in [1.807, 2.05) is 30.3 Å². The Morgan fingerprint density at radius 1 is 1.14 bits per heavy atom. The molecule has 7 nitrogen and oxygen atoms in total. The zero-order valence-electron chi connectivity index (χ0n) is 16.8. The molecular formula is C21H30IN5O2. The van der Waals surface area contributed by atoms with Crippen LogP contribution in [0.2, 0.25) is 0 Å². The molecule has 0 aliphatic carbocycles. The average Bonchev–Trinajstić information content (AvgIpc) is 2.76. The smallest absolute Gasteiger partial charge is 0.191 e. The minimum atomic E-state index is 0. The predicted octanol–water partition coefficient (Wildman–Crippen LogP) is 2.28. The lowest BCUT2D eigenvalue weighted by Gasteiger charge is -2.26. The summed E-state index contributed by atoms with van der Waals surface area (Å²) in [4.78, 5) is 10.9. The molecule has 2 aromatic rings. The summed E-state index contributed by atoms with van der Waals surface area (Å²) in [6.45, 7) is 6.51. The average molecular weight is 511 g/mol. The molecule has 1 fully saturated rings. The summed E-state index contributed by atoms with van der Waals surface area (Å²) in [5, 5.41) is 6.60. The van der Waals surface area contributed by atoms with Gasteiger partial charge in [-0.15, -0.1) is 24.0 Å². The van der Waals surface area contributed by atoms with Crippen LogP contribution in [-0.2, 0) is 17.8 Å². The SMILES string of the molecule is CN=C(NCc1cccc(OCCN2CCOCC2)c1)NCc1ccccn1.I. The van der Waals surface area contributed by atoms with E-state index in [1.54, 1.807) is 13.2 Å². The van der Waals surface area contributed by atoms with Crippen molar-refractivity contribution in [3.63, 3.8) is 0 Å². The number of nitrogens with one attached hydrogen (secondary N) is 2. The minimum Gasteiger partial charge on any atom is -0.492 e. The first-order valence-electron chi connectivity index (χ1n) is 9.70. The number of benzene rings is 1. The van der Waals surface area contributed by atoms with Gasteiger partial charge in [0.25, 0.3) is 0 Å². The Labute approximate surface area is 189 Å². The van der Waals surface area contributed by atoms with Crippen LogP contribution in [0, 0.1) is 0 Å². The Balaban J connectivity index is 0.00000300. The monoisotopic (exact) mass is 511 g/mol. The van der Waals surface area contributed by atoms with E-state index in [0.29, 0.717) is 19.7 Å². The first-order valence-corrected chi connectivity index (χ1v) is 9.70. The van der Waals surface area contributed by atoms with Crippen LogP contribution in [0.25, 0.3) is 0 Å². The van der Waals surface area contributed by atoms with Gasteiger partial charge < -0.3 is 20.1 Å². The van der Waals surface area contributed by atoms with Gasteiger partial charge in [-0.1, -0.05) is 18.2 Å². The largest absolute Gasteiger partial charge is 0.492 e. The number of hydrogen-bond acceptors (Lipinski definition) is 5. The van der Waals surface area contributed by atoms with Gasteiger partial charge in [0.05, 0.1) is 25.5 Å². The lowest BCUT2D eigenvalue weighted by molar-refractivity contribution is 0.0322. The number of aromatic nitrogens is 1. The summed E-state index contributed by atoms with van der Waals surface area (Å²) < 4.78 is 11.3. The second-order valence-electron chi connectivity index (χ2n) is 6.55. The van der Waals surface area contributed by atoms with Crippen LogP contribution in [0.3, 0.4) is 0 Å². The van der Waals surface area contributed by atoms with Crippen molar-refractivity contribution in [3.05, 3.63) is 59.9 Å². The molecule has 158 valence electrons. The summed E-state index contributed by atoms with van der Waals surface area (Å²) >= 11 is 0. The summed E-state index contributed by atoms with van der Waals surface area (Å²) in [6.07, 6.45) is 1.79. The fourth-order valence-electron chi connectivity index (χ4n) is 2.95. The Kier molecular flexibility index (Phi) is 10.7. The molecule has 0 spiro atoms. The number of halogens is 1. The molecule has 1 aliphatic heterocycles. The number of pyridine rings is 1. The Hall–Kier alpha value is -1.91. The maximum atomic E-state index is 5.92. The molecule has 1 aromatic heterocycles. The van der Waals surface area contributed by atoms with E-state index in [4.69, 9.17) is 9.47 Å². The molecule has 0 amide bonds. The molecule has 1 aliphatic rings. The zero-order valence-corrected chi connectivity index (χ0v) is 19.2. The van der Waals surface area contributed by atoms with Crippen molar-refractivity contribution in [2.45, 2.75) is 13.1 Å². The highest BCUT2D eigenvalue weighted by Gasteiger charge is 2.09. The van der Waals surface area contributed by atoms with E-state index in [9.17, 15) is 0 Å². The van der Waals surface area contributed by atoms with Crippen LogP contribution in [0.15, 0.2) is 53.7 Å². The number of guanidine groups is 1. The third-order valence-corrected chi connectivity index (χ3v) is 4.53. The van der Waals surface area contributed by atoms with Crippen LogP contribution in [-0.4, -0.2) is 62.3 Å². The zero-order chi connectivity index (χ0) is 19.4. The van der Waals surface area contributed by atoms with Gasteiger partial charge in [0, 0.05) is 39.4 Å². The fraction of sp³-hybridized carbons (Fsp3) is 0.429. The van der Waals surface area contributed by atoms with Gasteiger partial charge in [-0.05, 0) is 29.8 Å². The highest BCUT2D eigenvalue weighted by Crippen LogP contribution is 2.13. The van der Waals surface area contributed by atoms with Crippen molar-refractivity contribution in [2.24, 2.45) is 4.99 Å². The Morgan fingerprint density at radius 2 is 1.97 bits per heavy atom. The van der Waals surface area contributed by atoms with E-state index in [0.717, 1.165) is 55.8 Å². The van der Waals surface area contributed by atoms with Crippen LogP contribution in [0.1, 0.15) is 11.3 Å². The second-order valence-corrected chi connectivity index (χ2v) is 6.55. The van der Waals surface area contributed by atoms with Crippen molar-refractivity contribution in [1.29, 1.82) is 0 Å². The highest BCUT2D eigenvalue weighted by atomic mass is 127. The number of nitrogens with zero attached hydrogens (tertiary/aromatic N) is 3. The highest BCUT2D eigenvalue weighted by molar-refractivity contribution is 14.0.